The Kier molecular flexibility index (Phi) is 5.71. The van der Waals surface area contributed by atoms with Gasteiger partial charge in [-0.1, -0.05) is 24.3 Å². The third kappa shape index (κ3) is 4.38. The second kappa shape index (κ2) is 7.97. The first-order chi connectivity index (χ1) is 12.0. The number of carbonyl (C=O) groups excluding carboxylic acids is 1. The quantitative estimate of drug-likeness (QED) is 0.854. The molecule has 0 spiro atoms. The Balaban J connectivity index is 1.64. The van der Waals surface area contributed by atoms with Gasteiger partial charge in [-0.2, -0.15) is 0 Å². The summed E-state index contributed by atoms with van der Waals surface area (Å²) in [6.45, 7) is 0.439. The third-order valence-electron chi connectivity index (χ3n) is 4.02. The van der Waals surface area contributed by atoms with E-state index in [-0.39, 0.29) is 11.5 Å². The molecule has 0 unspecified atom stereocenters. The van der Waals surface area contributed by atoms with E-state index in [1.165, 1.54) is 17.1 Å². The minimum atomic E-state index is -0.949. The summed E-state index contributed by atoms with van der Waals surface area (Å²) in [4.78, 5) is 25.1. The summed E-state index contributed by atoms with van der Waals surface area (Å²) in [6, 6.07) is 14.5. The monoisotopic (exact) mass is 373 g/mol. The molecule has 0 radical (unpaired) electrons. The van der Waals surface area contributed by atoms with Crippen LogP contribution in [0.25, 0.3) is 0 Å². The van der Waals surface area contributed by atoms with Gasteiger partial charge < -0.3 is 10.0 Å². The number of thioether (sulfide) groups is 2. The molecule has 1 aliphatic rings. The SMILES string of the molecule is CN(Cc1ccc(C(=O)O)cc1)C(=O)c1ccc(C2SCCS2)cc1. The summed E-state index contributed by atoms with van der Waals surface area (Å²) >= 11 is 3.89. The Morgan fingerprint density at radius 3 is 2.12 bits per heavy atom. The van der Waals surface area contributed by atoms with E-state index in [0.717, 1.165) is 5.56 Å². The molecule has 1 aliphatic heterocycles. The average molecular weight is 373 g/mol. The summed E-state index contributed by atoms with van der Waals surface area (Å²) in [7, 11) is 1.75. The van der Waals surface area contributed by atoms with Gasteiger partial charge in [0.25, 0.3) is 5.91 Å². The molecule has 1 N–H and O–H groups in total. The van der Waals surface area contributed by atoms with Crippen molar-refractivity contribution < 1.29 is 14.7 Å². The maximum absolute atomic E-state index is 12.6. The fourth-order valence-electron chi connectivity index (χ4n) is 2.65. The molecule has 2 aromatic rings. The van der Waals surface area contributed by atoms with Crippen molar-refractivity contribution in [2.45, 2.75) is 11.1 Å². The molecule has 2 aromatic carbocycles. The van der Waals surface area contributed by atoms with E-state index in [1.54, 1.807) is 36.2 Å². The van der Waals surface area contributed by atoms with E-state index in [4.69, 9.17) is 5.11 Å². The number of carbonyl (C=O) groups is 2. The highest BCUT2D eigenvalue weighted by atomic mass is 32.2. The molecule has 1 heterocycles. The van der Waals surface area contributed by atoms with Gasteiger partial charge in [0.2, 0.25) is 0 Å². The number of aromatic carboxylic acids is 1. The normalized spacial score (nSPS) is 14.4. The van der Waals surface area contributed by atoms with Crippen molar-refractivity contribution in [2.24, 2.45) is 0 Å². The van der Waals surface area contributed by atoms with Gasteiger partial charge in [0.15, 0.2) is 0 Å². The molecule has 3 rings (SSSR count). The molecule has 4 nitrogen and oxygen atoms in total. The van der Waals surface area contributed by atoms with Crippen LogP contribution in [0.1, 0.15) is 36.4 Å². The molecule has 0 bridgehead atoms. The van der Waals surface area contributed by atoms with Gasteiger partial charge in [-0.3, -0.25) is 4.79 Å². The van der Waals surface area contributed by atoms with Crippen molar-refractivity contribution >= 4 is 35.4 Å². The zero-order valence-corrected chi connectivity index (χ0v) is 15.5. The summed E-state index contributed by atoms with van der Waals surface area (Å²) in [5.41, 5.74) is 3.07. The van der Waals surface area contributed by atoms with Crippen LogP contribution in [0.15, 0.2) is 48.5 Å². The van der Waals surface area contributed by atoms with Crippen molar-refractivity contribution in [1.29, 1.82) is 0 Å². The molecular formula is C19H19NO3S2. The van der Waals surface area contributed by atoms with Gasteiger partial charge in [0.1, 0.15) is 0 Å². The Labute approximate surface area is 155 Å². The molecule has 130 valence electrons. The number of carboxylic acid groups (broad SMARTS) is 1. The molecule has 0 saturated carbocycles. The Bertz CT molecular complexity index is 753. The number of nitrogens with zero attached hydrogens (tertiary/aromatic N) is 1. The van der Waals surface area contributed by atoms with Gasteiger partial charge in [0, 0.05) is 30.7 Å². The average Bonchev–Trinajstić information content (AvgIpc) is 3.16. The smallest absolute Gasteiger partial charge is 0.335 e. The van der Waals surface area contributed by atoms with Gasteiger partial charge >= 0.3 is 5.97 Å². The first-order valence-corrected chi connectivity index (χ1v) is 10.1. The summed E-state index contributed by atoms with van der Waals surface area (Å²) in [5, 5.41) is 8.93. The van der Waals surface area contributed by atoms with Crippen LogP contribution >= 0.6 is 23.5 Å². The number of rotatable bonds is 5. The number of carboxylic acids is 1. The molecule has 1 amide bonds. The zero-order valence-electron chi connectivity index (χ0n) is 13.8. The van der Waals surface area contributed by atoms with E-state index < -0.39 is 5.97 Å². The second-order valence-corrected chi connectivity index (χ2v) is 8.58. The number of hydrogen-bond donors (Lipinski definition) is 1. The summed E-state index contributed by atoms with van der Waals surface area (Å²) < 4.78 is 0.481. The topological polar surface area (TPSA) is 57.6 Å². The van der Waals surface area contributed by atoms with E-state index >= 15 is 0 Å². The maximum Gasteiger partial charge on any atom is 0.335 e. The number of benzene rings is 2. The van der Waals surface area contributed by atoms with Crippen LogP contribution in [0.4, 0.5) is 0 Å². The van der Waals surface area contributed by atoms with Crippen LogP contribution in [0.3, 0.4) is 0 Å². The van der Waals surface area contributed by atoms with Gasteiger partial charge in [0.05, 0.1) is 10.1 Å². The lowest BCUT2D eigenvalue weighted by molar-refractivity contribution is 0.0695. The highest BCUT2D eigenvalue weighted by Gasteiger charge is 2.19. The minimum Gasteiger partial charge on any atom is -0.478 e. The molecule has 0 aliphatic carbocycles. The van der Waals surface area contributed by atoms with Crippen LogP contribution in [-0.4, -0.2) is 40.4 Å². The first kappa shape index (κ1) is 17.9. The molecule has 1 fully saturated rings. The molecule has 0 atom stereocenters. The van der Waals surface area contributed by atoms with Crippen molar-refractivity contribution in [3.05, 3.63) is 70.8 Å². The Hall–Kier alpha value is -1.92. The molecular weight excluding hydrogens is 354 g/mol. The Morgan fingerprint density at radius 1 is 1.00 bits per heavy atom. The van der Waals surface area contributed by atoms with E-state index in [2.05, 4.69) is 0 Å². The standard InChI is InChI=1S/C19H19NO3S2/c1-20(12-13-2-4-15(5-3-13)18(22)23)17(21)14-6-8-16(9-7-14)19-24-10-11-25-19/h2-9,19H,10-12H2,1H3,(H,22,23). The summed E-state index contributed by atoms with van der Waals surface area (Å²) in [5.74, 6) is 1.37. The largest absolute Gasteiger partial charge is 0.478 e. The number of hydrogen-bond acceptors (Lipinski definition) is 4. The Morgan fingerprint density at radius 2 is 1.56 bits per heavy atom. The molecule has 1 saturated heterocycles. The lowest BCUT2D eigenvalue weighted by Crippen LogP contribution is -2.26. The summed E-state index contributed by atoms with van der Waals surface area (Å²) in [6.07, 6.45) is 0. The molecule has 25 heavy (non-hydrogen) atoms. The zero-order chi connectivity index (χ0) is 17.8. The van der Waals surface area contributed by atoms with E-state index in [1.807, 2.05) is 47.8 Å². The van der Waals surface area contributed by atoms with Crippen LogP contribution in [0, 0.1) is 0 Å². The fraction of sp³-hybridized carbons (Fsp3) is 0.263. The van der Waals surface area contributed by atoms with Crippen LogP contribution in [0.5, 0.6) is 0 Å². The second-order valence-electron chi connectivity index (χ2n) is 5.86. The van der Waals surface area contributed by atoms with Gasteiger partial charge in [-0.15, -0.1) is 23.5 Å². The lowest BCUT2D eigenvalue weighted by Gasteiger charge is -2.18. The van der Waals surface area contributed by atoms with Gasteiger partial charge in [-0.05, 0) is 35.4 Å². The predicted octanol–water partition coefficient (Wildman–Crippen LogP) is 4.14. The number of amides is 1. The fourth-order valence-corrected chi connectivity index (χ4v) is 5.51. The van der Waals surface area contributed by atoms with E-state index in [9.17, 15) is 9.59 Å². The van der Waals surface area contributed by atoms with Crippen molar-refractivity contribution in [1.82, 2.24) is 4.90 Å². The third-order valence-corrected chi connectivity index (χ3v) is 7.12. The molecule has 6 heteroatoms. The van der Waals surface area contributed by atoms with Crippen molar-refractivity contribution in [3.63, 3.8) is 0 Å². The molecule has 0 aromatic heterocycles. The van der Waals surface area contributed by atoms with Crippen molar-refractivity contribution in [3.8, 4) is 0 Å². The maximum atomic E-state index is 12.6. The highest BCUT2D eigenvalue weighted by molar-refractivity contribution is 8.19. The minimum absolute atomic E-state index is 0.0411. The van der Waals surface area contributed by atoms with Crippen molar-refractivity contribution in [2.75, 3.05) is 18.6 Å². The first-order valence-electron chi connectivity index (χ1n) is 7.95. The van der Waals surface area contributed by atoms with Gasteiger partial charge in [-0.25, -0.2) is 4.79 Å². The van der Waals surface area contributed by atoms with Crippen LogP contribution in [0.2, 0.25) is 0 Å². The lowest BCUT2D eigenvalue weighted by atomic mass is 10.1. The highest BCUT2D eigenvalue weighted by Crippen LogP contribution is 2.45. The van der Waals surface area contributed by atoms with Crippen LogP contribution in [-0.2, 0) is 6.54 Å². The van der Waals surface area contributed by atoms with E-state index in [0.29, 0.717) is 16.7 Å². The van der Waals surface area contributed by atoms with Crippen LogP contribution < -0.4 is 0 Å². The predicted molar refractivity (Wildman–Crippen MR) is 103 cm³/mol.